The van der Waals surface area contributed by atoms with E-state index in [1.165, 1.54) is 17.4 Å². The number of sulfone groups is 1. The number of nitrogens with zero attached hydrogens (tertiary/aromatic N) is 3. The molecule has 2 aromatic carbocycles. The van der Waals surface area contributed by atoms with Crippen LogP contribution in [0.3, 0.4) is 0 Å². The largest absolute Gasteiger partial charge is 0.308 e. The number of fused-ring (bicyclic) bond motifs is 1. The van der Waals surface area contributed by atoms with E-state index < -0.39 is 9.84 Å². The number of carbonyl (C=O) groups is 1. The highest BCUT2D eigenvalue weighted by atomic mass is 35.5. The third-order valence-corrected chi connectivity index (χ3v) is 6.50. The quantitative estimate of drug-likeness (QED) is 0.541. The van der Waals surface area contributed by atoms with Crippen molar-refractivity contribution in [3.8, 4) is 0 Å². The Kier molecular flexibility index (Phi) is 7.64. The van der Waals surface area contributed by atoms with Crippen molar-refractivity contribution in [3.63, 3.8) is 0 Å². The number of carbonyl (C=O) groups excluding carboxylic acids is 1. The average molecular weight is 474 g/mol. The first-order valence-corrected chi connectivity index (χ1v) is 11.6. The van der Waals surface area contributed by atoms with E-state index in [1.54, 1.807) is 41.3 Å². The summed E-state index contributed by atoms with van der Waals surface area (Å²) in [6.45, 7) is 1.04. The predicted octanol–water partition coefficient (Wildman–Crippen LogP) is 3.98. The Morgan fingerprint density at radius 2 is 1.83 bits per heavy atom. The first kappa shape index (κ1) is 23.6. The van der Waals surface area contributed by atoms with Gasteiger partial charge in [0.05, 0.1) is 9.60 Å². The fraction of sp³-hybridized carbons (Fsp3) is 0.263. The normalized spacial score (nSPS) is 11.5. The van der Waals surface area contributed by atoms with E-state index >= 15 is 0 Å². The molecule has 0 aliphatic rings. The third kappa shape index (κ3) is 5.46. The summed E-state index contributed by atoms with van der Waals surface area (Å²) >= 11 is 7.34. The summed E-state index contributed by atoms with van der Waals surface area (Å²) in [4.78, 5) is 21.4. The second-order valence-electron chi connectivity index (χ2n) is 6.64. The molecule has 0 spiro atoms. The van der Waals surface area contributed by atoms with E-state index in [-0.39, 0.29) is 23.2 Å². The van der Waals surface area contributed by atoms with Crippen LogP contribution in [-0.4, -0.2) is 57.6 Å². The van der Waals surface area contributed by atoms with Crippen molar-refractivity contribution in [2.75, 3.05) is 38.3 Å². The highest BCUT2D eigenvalue weighted by Gasteiger charge is 2.23. The van der Waals surface area contributed by atoms with E-state index in [0.29, 0.717) is 39.0 Å². The van der Waals surface area contributed by atoms with Crippen molar-refractivity contribution in [2.24, 2.45) is 0 Å². The minimum atomic E-state index is -3.43. The summed E-state index contributed by atoms with van der Waals surface area (Å²) < 4.78 is 24.9. The number of likely N-dealkylation sites (N-methyl/N-ethyl adjacent to an activating group) is 1. The molecule has 10 heteroatoms. The zero-order valence-corrected chi connectivity index (χ0v) is 19.3. The van der Waals surface area contributed by atoms with E-state index in [1.807, 2.05) is 19.0 Å². The summed E-state index contributed by atoms with van der Waals surface area (Å²) in [6, 6.07) is 11.8. The molecule has 0 atom stereocenters. The van der Waals surface area contributed by atoms with Gasteiger partial charge in [-0.2, -0.15) is 0 Å². The van der Waals surface area contributed by atoms with Crippen LogP contribution < -0.4 is 4.90 Å². The number of para-hydroxylation sites is 1. The molecule has 6 nitrogen and oxygen atoms in total. The molecule has 1 heterocycles. The van der Waals surface area contributed by atoms with Crippen molar-refractivity contribution in [2.45, 2.75) is 4.90 Å². The molecule has 0 unspecified atom stereocenters. The first-order valence-electron chi connectivity index (χ1n) is 8.48. The number of hydrogen-bond donors (Lipinski definition) is 0. The highest BCUT2D eigenvalue weighted by molar-refractivity contribution is 7.91. The monoisotopic (exact) mass is 473 g/mol. The summed E-state index contributed by atoms with van der Waals surface area (Å²) in [6.07, 6.45) is 1.15. The maximum atomic E-state index is 13.2. The molecule has 0 aliphatic heterocycles. The van der Waals surface area contributed by atoms with Gasteiger partial charge in [-0.1, -0.05) is 35.1 Å². The second-order valence-corrected chi connectivity index (χ2v) is 10.1. The van der Waals surface area contributed by atoms with Crippen LogP contribution >= 0.6 is 35.3 Å². The number of aromatic nitrogens is 1. The van der Waals surface area contributed by atoms with Crippen LogP contribution in [0.1, 0.15) is 10.4 Å². The topological polar surface area (TPSA) is 70.6 Å². The number of halogens is 2. The zero-order chi connectivity index (χ0) is 20.5. The van der Waals surface area contributed by atoms with Crippen LogP contribution in [0.5, 0.6) is 0 Å². The Balaban J connectivity index is 0.00000300. The summed E-state index contributed by atoms with van der Waals surface area (Å²) in [5.74, 6) is -0.232. The lowest BCUT2D eigenvalue weighted by atomic mass is 10.2. The minimum absolute atomic E-state index is 0. The number of rotatable bonds is 6. The number of thiazole rings is 1. The molecule has 0 radical (unpaired) electrons. The minimum Gasteiger partial charge on any atom is -0.308 e. The van der Waals surface area contributed by atoms with Gasteiger partial charge < -0.3 is 4.90 Å². The molecule has 0 fully saturated rings. The standard InChI is InChI=1S/C19H20ClN3O3S2.ClH/c1-22(2)10-11-23(18(24)13-6-4-7-14(20)12-13)19-21-17-15(27-19)8-5-9-16(17)28(3,25)26;/h4-9,12H,10-11H2,1-3H3;1H. The van der Waals surface area contributed by atoms with Crippen LogP contribution in [0, 0.1) is 0 Å². The smallest absolute Gasteiger partial charge is 0.260 e. The van der Waals surface area contributed by atoms with E-state index in [4.69, 9.17) is 11.6 Å². The molecule has 1 amide bonds. The molecule has 0 saturated heterocycles. The lowest BCUT2D eigenvalue weighted by Gasteiger charge is -2.22. The van der Waals surface area contributed by atoms with E-state index in [9.17, 15) is 13.2 Å². The van der Waals surface area contributed by atoms with Crippen molar-refractivity contribution >= 4 is 66.4 Å². The van der Waals surface area contributed by atoms with Gasteiger partial charge in [0.1, 0.15) is 5.52 Å². The molecular weight excluding hydrogens is 453 g/mol. The van der Waals surface area contributed by atoms with E-state index in [0.717, 1.165) is 6.26 Å². The molecule has 3 aromatic rings. The summed E-state index contributed by atoms with van der Waals surface area (Å²) in [5.41, 5.74) is 0.840. The molecule has 3 rings (SSSR count). The zero-order valence-electron chi connectivity index (χ0n) is 16.1. The van der Waals surface area contributed by atoms with Crippen LogP contribution in [0.25, 0.3) is 10.2 Å². The number of anilines is 1. The summed E-state index contributed by atoms with van der Waals surface area (Å²) in [5, 5.41) is 0.931. The number of amides is 1. The lowest BCUT2D eigenvalue weighted by molar-refractivity contribution is 0.0985. The Hall–Kier alpha value is -1.71. The number of benzene rings is 2. The molecule has 1 aromatic heterocycles. The van der Waals surface area contributed by atoms with E-state index in [2.05, 4.69) is 4.98 Å². The summed E-state index contributed by atoms with van der Waals surface area (Å²) in [7, 11) is 0.407. The lowest BCUT2D eigenvalue weighted by Crippen LogP contribution is -2.36. The van der Waals surface area contributed by atoms with Gasteiger partial charge in [-0.25, -0.2) is 13.4 Å². The van der Waals surface area contributed by atoms with Crippen LogP contribution in [-0.2, 0) is 9.84 Å². The van der Waals surface area contributed by atoms with Gasteiger partial charge in [-0.3, -0.25) is 9.69 Å². The highest BCUT2D eigenvalue weighted by Crippen LogP contribution is 2.33. The maximum absolute atomic E-state index is 13.2. The van der Waals surface area contributed by atoms with Crippen molar-refractivity contribution in [3.05, 3.63) is 53.1 Å². The fourth-order valence-corrected chi connectivity index (χ4v) is 4.79. The second kappa shape index (κ2) is 9.40. The first-order chi connectivity index (χ1) is 13.2. The van der Waals surface area contributed by atoms with Crippen molar-refractivity contribution in [1.82, 2.24) is 9.88 Å². The maximum Gasteiger partial charge on any atom is 0.260 e. The number of hydrogen-bond acceptors (Lipinski definition) is 6. The predicted molar refractivity (Wildman–Crippen MR) is 122 cm³/mol. The van der Waals surface area contributed by atoms with Crippen molar-refractivity contribution in [1.29, 1.82) is 0 Å². The molecule has 0 bridgehead atoms. The Morgan fingerprint density at radius 1 is 1.14 bits per heavy atom. The SMILES string of the molecule is CN(C)CCN(C(=O)c1cccc(Cl)c1)c1nc2c(S(C)(=O)=O)cccc2s1.Cl. The molecule has 0 N–H and O–H groups in total. The molecule has 29 heavy (non-hydrogen) atoms. The fourth-order valence-electron chi connectivity index (χ4n) is 2.69. The van der Waals surface area contributed by atoms with Gasteiger partial charge in [0, 0.05) is 29.9 Å². The van der Waals surface area contributed by atoms with Gasteiger partial charge in [-0.05, 0) is 44.4 Å². The van der Waals surface area contributed by atoms with Gasteiger partial charge >= 0.3 is 0 Å². The molecular formula is C19H21Cl2N3O3S2. The van der Waals surface area contributed by atoms with Crippen molar-refractivity contribution < 1.29 is 13.2 Å². The Bertz CT molecular complexity index is 1130. The van der Waals surface area contributed by atoms with Crippen LogP contribution in [0.4, 0.5) is 5.13 Å². The van der Waals surface area contributed by atoms with Crippen LogP contribution in [0.2, 0.25) is 5.02 Å². The van der Waals surface area contributed by atoms with Gasteiger partial charge in [0.15, 0.2) is 15.0 Å². The van der Waals surface area contributed by atoms with Gasteiger partial charge in [0.25, 0.3) is 5.91 Å². The molecule has 0 aliphatic carbocycles. The van der Waals surface area contributed by atoms with Crippen LogP contribution in [0.15, 0.2) is 47.4 Å². The Labute approximate surface area is 185 Å². The Morgan fingerprint density at radius 3 is 2.45 bits per heavy atom. The van der Waals surface area contributed by atoms with Gasteiger partial charge in [0.2, 0.25) is 0 Å². The third-order valence-electron chi connectivity index (χ3n) is 4.09. The molecule has 0 saturated carbocycles. The average Bonchev–Trinajstić information content (AvgIpc) is 3.04. The molecule has 156 valence electrons. The van der Waals surface area contributed by atoms with Gasteiger partial charge in [-0.15, -0.1) is 12.4 Å².